The van der Waals surface area contributed by atoms with Gasteiger partial charge in [0.05, 0.1) is 17.3 Å². The second kappa shape index (κ2) is 3.43. The van der Waals surface area contributed by atoms with Crippen LogP contribution < -0.4 is 4.72 Å². The molecule has 1 aromatic carbocycles. The van der Waals surface area contributed by atoms with Crippen LogP contribution in [0.15, 0.2) is 24.3 Å². The highest BCUT2D eigenvalue weighted by molar-refractivity contribution is 7.87. The number of nitrogens with one attached hydrogen (secondary N) is 1. The Morgan fingerprint density at radius 1 is 1.46 bits per heavy atom. The van der Waals surface area contributed by atoms with E-state index in [-0.39, 0.29) is 5.69 Å². The van der Waals surface area contributed by atoms with E-state index in [4.69, 9.17) is 9.81 Å². The molecule has 0 aliphatic carbocycles. The van der Waals surface area contributed by atoms with Gasteiger partial charge in [0.1, 0.15) is 0 Å². The normalized spacial score (nSPS) is 10.5. The molecular weight excluding hydrogens is 192 g/mol. The van der Waals surface area contributed by atoms with Crippen LogP contribution in [0.5, 0.6) is 0 Å². The zero-order valence-electron chi connectivity index (χ0n) is 6.43. The standard InChI is InChI=1S/C7H6N2O3S/c8-5-6-2-1-3-7(4-6)9-13(10,11)12/h1-4,9H,(H,10,11,12). The van der Waals surface area contributed by atoms with Gasteiger partial charge >= 0.3 is 10.3 Å². The molecule has 0 spiro atoms. The highest BCUT2D eigenvalue weighted by Gasteiger charge is 2.03. The lowest BCUT2D eigenvalue weighted by Gasteiger charge is -2.01. The number of rotatable bonds is 2. The van der Waals surface area contributed by atoms with Crippen molar-refractivity contribution in [1.29, 1.82) is 5.26 Å². The van der Waals surface area contributed by atoms with Crippen LogP contribution in [-0.4, -0.2) is 13.0 Å². The maximum atomic E-state index is 10.4. The molecule has 0 aliphatic heterocycles. The number of nitrogens with zero attached hydrogens (tertiary/aromatic N) is 1. The number of nitriles is 1. The Bertz CT molecular complexity index is 447. The molecule has 1 aromatic rings. The largest absolute Gasteiger partial charge is 0.357 e. The molecule has 68 valence electrons. The fourth-order valence-corrected chi connectivity index (χ4v) is 1.23. The Hall–Kier alpha value is -1.58. The van der Waals surface area contributed by atoms with E-state index < -0.39 is 10.3 Å². The van der Waals surface area contributed by atoms with Gasteiger partial charge in [-0.3, -0.25) is 9.27 Å². The molecule has 0 aliphatic rings. The predicted octanol–water partition coefficient (Wildman–Crippen LogP) is 0.773. The molecule has 13 heavy (non-hydrogen) atoms. The molecule has 0 fully saturated rings. The van der Waals surface area contributed by atoms with Crippen molar-refractivity contribution in [3.05, 3.63) is 29.8 Å². The van der Waals surface area contributed by atoms with Crippen LogP contribution in [0.1, 0.15) is 5.56 Å². The average Bonchev–Trinajstić information content (AvgIpc) is 2.01. The summed E-state index contributed by atoms with van der Waals surface area (Å²) in [6.07, 6.45) is 0. The number of hydrogen-bond acceptors (Lipinski definition) is 3. The summed E-state index contributed by atoms with van der Waals surface area (Å²) in [5.41, 5.74) is 0.468. The third-order valence-electron chi connectivity index (χ3n) is 1.24. The van der Waals surface area contributed by atoms with Crippen molar-refractivity contribution in [3.63, 3.8) is 0 Å². The van der Waals surface area contributed by atoms with E-state index >= 15 is 0 Å². The van der Waals surface area contributed by atoms with Gasteiger partial charge in [0, 0.05) is 0 Å². The fourth-order valence-electron chi connectivity index (χ4n) is 0.801. The van der Waals surface area contributed by atoms with Gasteiger partial charge in [0.25, 0.3) is 0 Å². The summed E-state index contributed by atoms with van der Waals surface area (Å²) >= 11 is 0. The lowest BCUT2D eigenvalue weighted by atomic mass is 10.2. The third-order valence-corrected chi connectivity index (χ3v) is 1.73. The molecule has 1 rings (SSSR count). The second-order valence-corrected chi connectivity index (χ2v) is 3.42. The maximum Gasteiger partial charge on any atom is 0.357 e. The Morgan fingerprint density at radius 3 is 2.69 bits per heavy atom. The van der Waals surface area contributed by atoms with Crippen LogP contribution in [0.4, 0.5) is 5.69 Å². The number of benzene rings is 1. The lowest BCUT2D eigenvalue weighted by molar-refractivity contribution is 0.490. The van der Waals surface area contributed by atoms with Crippen LogP contribution in [0.2, 0.25) is 0 Å². The maximum absolute atomic E-state index is 10.4. The Morgan fingerprint density at radius 2 is 2.15 bits per heavy atom. The topological polar surface area (TPSA) is 90.2 Å². The van der Waals surface area contributed by atoms with Crippen LogP contribution in [0.25, 0.3) is 0 Å². The van der Waals surface area contributed by atoms with Gasteiger partial charge in [-0.05, 0) is 18.2 Å². The van der Waals surface area contributed by atoms with E-state index in [2.05, 4.69) is 0 Å². The summed E-state index contributed by atoms with van der Waals surface area (Å²) in [7, 11) is -4.26. The van der Waals surface area contributed by atoms with Gasteiger partial charge in [-0.1, -0.05) is 6.07 Å². The van der Waals surface area contributed by atoms with Gasteiger partial charge in [-0.15, -0.1) is 0 Å². The van der Waals surface area contributed by atoms with Gasteiger partial charge in [0.15, 0.2) is 0 Å². The first-order chi connectivity index (χ1) is 6.01. The van der Waals surface area contributed by atoms with Crippen LogP contribution in [0.3, 0.4) is 0 Å². The second-order valence-electron chi connectivity index (χ2n) is 2.27. The highest BCUT2D eigenvalue weighted by Crippen LogP contribution is 2.10. The summed E-state index contributed by atoms with van der Waals surface area (Å²) in [6, 6.07) is 7.60. The summed E-state index contributed by atoms with van der Waals surface area (Å²) in [5, 5.41) is 8.47. The van der Waals surface area contributed by atoms with E-state index in [1.165, 1.54) is 24.3 Å². The van der Waals surface area contributed by atoms with Crippen molar-refractivity contribution < 1.29 is 13.0 Å². The van der Waals surface area contributed by atoms with E-state index in [9.17, 15) is 8.42 Å². The van der Waals surface area contributed by atoms with Crippen molar-refractivity contribution >= 4 is 16.0 Å². The summed E-state index contributed by atoms with van der Waals surface area (Å²) in [6.45, 7) is 0. The molecule has 0 saturated heterocycles. The average molecular weight is 198 g/mol. The minimum atomic E-state index is -4.26. The number of anilines is 1. The van der Waals surface area contributed by atoms with E-state index in [1.807, 2.05) is 10.8 Å². The van der Waals surface area contributed by atoms with E-state index in [0.29, 0.717) is 5.56 Å². The van der Waals surface area contributed by atoms with Crippen molar-refractivity contribution in [2.45, 2.75) is 0 Å². The van der Waals surface area contributed by atoms with Crippen LogP contribution in [-0.2, 0) is 10.3 Å². The van der Waals surface area contributed by atoms with E-state index in [1.54, 1.807) is 0 Å². The molecule has 0 radical (unpaired) electrons. The molecule has 0 heterocycles. The van der Waals surface area contributed by atoms with Crippen LogP contribution >= 0.6 is 0 Å². The first kappa shape index (κ1) is 9.51. The minimum Gasteiger partial charge on any atom is -0.269 e. The highest BCUT2D eigenvalue weighted by atomic mass is 32.2. The fraction of sp³-hybridized carbons (Fsp3) is 0. The minimum absolute atomic E-state index is 0.154. The Labute approximate surface area is 75.5 Å². The van der Waals surface area contributed by atoms with Crippen LogP contribution in [0, 0.1) is 11.3 Å². The molecule has 0 atom stereocenters. The Balaban J connectivity index is 2.99. The molecule has 0 amide bonds. The van der Waals surface area contributed by atoms with Crippen molar-refractivity contribution in [3.8, 4) is 6.07 Å². The molecule has 0 aromatic heterocycles. The predicted molar refractivity (Wildman–Crippen MR) is 46.3 cm³/mol. The van der Waals surface area contributed by atoms with Gasteiger partial charge in [0.2, 0.25) is 0 Å². The zero-order valence-corrected chi connectivity index (χ0v) is 7.25. The van der Waals surface area contributed by atoms with Gasteiger partial charge < -0.3 is 0 Å². The number of hydrogen-bond donors (Lipinski definition) is 2. The van der Waals surface area contributed by atoms with Crippen molar-refractivity contribution in [2.75, 3.05) is 4.72 Å². The molecular formula is C7H6N2O3S. The molecule has 0 saturated carbocycles. The molecule has 6 heteroatoms. The van der Waals surface area contributed by atoms with E-state index in [0.717, 1.165) is 0 Å². The Kier molecular flexibility index (Phi) is 2.51. The third kappa shape index (κ3) is 3.11. The smallest absolute Gasteiger partial charge is 0.269 e. The van der Waals surface area contributed by atoms with Crippen molar-refractivity contribution in [1.82, 2.24) is 0 Å². The molecule has 5 nitrogen and oxygen atoms in total. The quantitative estimate of drug-likeness (QED) is 0.687. The van der Waals surface area contributed by atoms with Crippen molar-refractivity contribution in [2.24, 2.45) is 0 Å². The molecule has 2 N–H and O–H groups in total. The summed E-state index contributed by atoms with van der Waals surface area (Å²) in [4.78, 5) is 0. The molecule has 0 bridgehead atoms. The molecule has 0 unspecified atom stereocenters. The zero-order chi connectivity index (χ0) is 9.90. The van der Waals surface area contributed by atoms with Gasteiger partial charge in [-0.25, -0.2) is 0 Å². The first-order valence-corrected chi connectivity index (χ1v) is 4.71. The summed E-state index contributed by atoms with van der Waals surface area (Å²) in [5.74, 6) is 0. The summed E-state index contributed by atoms with van der Waals surface area (Å²) < 4.78 is 31.0. The monoisotopic (exact) mass is 198 g/mol. The first-order valence-electron chi connectivity index (χ1n) is 3.27. The lowest BCUT2D eigenvalue weighted by Crippen LogP contribution is -2.10. The SMILES string of the molecule is N#Cc1cccc(NS(=O)(=O)O)c1. The van der Waals surface area contributed by atoms with Gasteiger partial charge in [-0.2, -0.15) is 13.7 Å².